The normalized spacial score (nSPS) is 15.1. The third kappa shape index (κ3) is 3.17. The maximum atomic E-state index is 12.6. The molecule has 0 aliphatic carbocycles. The smallest absolute Gasteiger partial charge is 0.253 e. The van der Waals surface area contributed by atoms with Gasteiger partial charge >= 0.3 is 0 Å². The van der Waals surface area contributed by atoms with Gasteiger partial charge in [-0.3, -0.25) is 9.69 Å². The Kier molecular flexibility index (Phi) is 4.38. The zero-order valence-corrected chi connectivity index (χ0v) is 14.4. The van der Waals surface area contributed by atoms with Gasteiger partial charge in [-0.15, -0.1) is 0 Å². The Bertz CT molecular complexity index is 962. The van der Waals surface area contributed by atoms with E-state index < -0.39 is 0 Å². The summed E-state index contributed by atoms with van der Waals surface area (Å²) in [5.41, 5.74) is 3.32. The molecule has 1 amide bonds. The third-order valence-corrected chi connectivity index (χ3v) is 4.80. The maximum Gasteiger partial charge on any atom is 0.253 e. The highest BCUT2D eigenvalue weighted by atomic mass is 16.2. The standard InChI is InChI=1S/C20H19N5O/c21-13-16-4-6-17(7-5-16)20(26)24-11-9-23(10-12-24)15-18-14-22-19-3-1-2-8-25(18)19/h1-8,14H,9-12,15H2. The maximum absolute atomic E-state index is 12.6. The Morgan fingerprint density at radius 3 is 2.58 bits per heavy atom. The van der Waals surface area contributed by atoms with Crippen LogP contribution < -0.4 is 0 Å². The first-order valence-electron chi connectivity index (χ1n) is 8.67. The second-order valence-corrected chi connectivity index (χ2v) is 6.44. The van der Waals surface area contributed by atoms with Crippen LogP contribution in [0.4, 0.5) is 0 Å². The number of hydrogen-bond donors (Lipinski definition) is 0. The lowest BCUT2D eigenvalue weighted by Gasteiger charge is -2.34. The number of hydrogen-bond acceptors (Lipinski definition) is 4. The van der Waals surface area contributed by atoms with Crippen molar-refractivity contribution in [1.29, 1.82) is 5.26 Å². The predicted molar refractivity (Wildman–Crippen MR) is 97.5 cm³/mol. The summed E-state index contributed by atoms with van der Waals surface area (Å²) < 4.78 is 2.11. The molecule has 1 aromatic carbocycles. The minimum Gasteiger partial charge on any atom is -0.336 e. The molecular weight excluding hydrogens is 326 g/mol. The average Bonchev–Trinajstić information content (AvgIpc) is 3.11. The molecular formula is C20H19N5O. The highest BCUT2D eigenvalue weighted by Crippen LogP contribution is 2.13. The van der Waals surface area contributed by atoms with Crippen molar-refractivity contribution in [3.8, 4) is 6.07 Å². The van der Waals surface area contributed by atoms with Crippen LogP contribution in [0.2, 0.25) is 0 Å². The summed E-state index contributed by atoms with van der Waals surface area (Å²) in [4.78, 5) is 21.3. The number of pyridine rings is 1. The van der Waals surface area contributed by atoms with Gasteiger partial charge in [-0.1, -0.05) is 6.07 Å². The van der Waals surface area contributed by atoms with Gasteiger partial charge in [0.1, 0.15) is 5.65 Å². The lowest BCUT2D eigenvalue weighted by molar-refractivity contribution is 0.0626. The molecule has 1 aliphatic rings. The summed E-state index contributed by atoms with van der Waals surface area (Å²) in [6.45, 7) is 3.90. The molecule has 26 heavy (non-hydrogen) atoms. The van der Waals surface area contributed by atoms with Crippen molar-refractivity contribution >= 4 is 11.6 Å². The summed E-state index contributed by atoms with van der Waals surface area (Å²) >= 11 is 0. The lowest BCUT2D eigenvalue weighted by atomic mass is 10.1. The molecule has 6 nitrogen and oxygen atoms in total. The minimum atomic E-state index is 0.0314. The van der Waals surface area contributed by atoms with Gasteiger partial charge in [-0.05, 0) is 36.4 Å². The SMILES string of the molecule is N#Cc1ccc(C(=O)N2CCN(Cc3cnc4ccccn34)CC2)cc1. The van der Waals surface area contributed by atoms with E-state index in [0.717, 1.165) is 31.0 Å². The fourth-order valence-corrected chi connectivity index (χ4v) is 3.31. The fraction of sp³-hybridized carbons (Fsp3) is 0.250. The highest BCUT2D eigenvalue weighted by molar-refractivity contribution is 5.94. The Morgan fingerprint density at radius 1 is 1.08 bits per heavy atom. The van der Waals surface area contributed by atoms with Crippen molar-refractivity contribution in [3.05, 3.63) is 71.7 Å². The van der Waals surface area contributed by atoms with Crippen LogP contribution in [0.5, 0.6) is 0 Å². The second kappa shape index (κ2) is 6.98. The molecule has 1 saturated heterocycles. The van der Waals surface area contributed by atoms with E-state index in [2.05, 4.69) is 20.4 Å². The predicted octanol–water partition coefficient (Wildman–Crippen LogP) is 2.16. The van der Waals surface area contributed by atoms with Crippen molar-refractivity contribution in [2.75, 3.05) is 26.2 Å². The molecule has 3 aromatic rings. The van der Waals surface area contributed by atoms with Gasteiger partial charge in [0.15, 0.2) is 0 Å². The average molecular weight is 345 g/mol. The number of benzene rings is 1. The van der Waals surface area contributed by atoms with Gasteiger partial charge in [-0.25, -0.2) is 4.98 Å². The van der Waals surface area contributed by atoms with Gasteiger partial charge in [0.25, 0.3) is 5.91 Å². The van der Waals surface area contributed by atoms with Gasteiger partial charge < -0.3 is 9.30 Å². The van der Waals surface area contributed by atoms with Crippen LogP contribution in [0.1, 0.15) is 21.6 Å². The van der Waals surface area contributed by atoms with Gasteiger partial charge in [-0.2, -0.15) is 5.26 Å². The number of piperazine rings is 1. The fourth-order valence-electron chi connectivity index (χ4n) is 3.31. The van der Waals surface area contributed by atoms with Crippen molar-refractivity contribution in [2.24, 2.45) is 0 Å². The largest absolute Gasteiger partial charge is 0.336 e. The zero-order chi connectivity index (χ0) is 17.9. The van der Waals surface area contributed by atoms with Crippen LogP contribution >= 0.6 is 0 Å². The number of rotatable bonds is 3. The molecule has 1 fully saturated rings. The van der Waals surface area contributed by atoms with Crippen LogP contribution in [-0.2, 0) is 6.54 Å². The molecule has 0 bridgehead atoms. The summed E-state index contributed by atoms with van der Waals surface area (Å²) in [5, 5.41) is 8.86. The van der Waals surface area contributed by atoms with Crippen LogP contribution in [0.3, 0.4) is 0 Å². The zero-order valence-electron chi connectivity index (χ0n) is 14.4. The Labute approximate surface area is 151 Å². The summed E-state index contributed by atoms with van der Waals surface area (Å²) in [7, 11) is 0. The van der Waals surface area contributed by atoms with E-state index >= 15 is 0 Å². The van der Waals surface area contributed by atoms with E-state index in [1.807, 2.05) is 35.5 Å². The third-order valence-electron chi connectivity index (χ3n) is 4.80. The molecule has 0 unspecified atom stereocenters. The number of nitriles is 1. The summed E-state index contributed by atoms with van der Waals surface area (Å²) in [6.07, 6.45) is 3.95. The number of aromatic nitrogens is 2. The summed E-state index contributed by atoms with van der Waals surface area (Å²) in [5.74, 6) is 0.0314. The van der Waals surface area contributed by atoms with E-state index in [-0.39, 0.29) is 5.91 Å². The van der Waals surface area contributed by atoms with Crippen LogP contribution in [0.15, 0.2) is 54.9 Å². The highest BCUT2D eigenvalue weighted by Gasteiger charge is 2.22. The molecule has 2 aromatic heterocycles. The first kappa shape index (κ1) is 16.3. The molecule has 0 N–H and O–H groups in total. The summed E-state index contributed by atoms with van der Waals surface area (Å²) in [6, 6.07) is 14.9. The molecule has 3 heterocycles. The first-order valence-corrected chi connectivity index (χ1v) is 8.67. The number of fused-ring (bicyclic) bond motifs is 1. The number of carbonyl (C=O) groups is 1. The quantitative estimate of drug-likeness (QED) is 0.730. The Morgan fingerprint density at radius 2 is 1.85 bits per heavy atom. The van der Waals surface area contributed by atoms with Crippen LogP contribution in [0.25, 0.3) is 5.65 Å². The van der Waals surface area contributed by atoms with Crippen molar-refractivity contribution in [3.63, 3.8) is 0 Å². The number of nitrogens with zero attached hydrogens (tertiary/aromatic N) is 5. The first-order chi connectivity index (χ1) is 12.7. The number of carbonyl (C=O) groups excluding carboxylic acids is 1. The number of amides is 1. The monoisotopic (exact) mass is 345 g/mol. The Hall–Kier alpha value is -3.17. The van der Waals surface area contributed by atoms with Gasteiger partial charge in [0.05, 0.1) is 23.5 Å². The molecule has 130 valence electrons. The number of imidazole rings is 1. The molecule has 0 saturated carbocycles. The second-order valence-electron chi connectivity index (χ2n) is 6.44. The topological polar surface area (TPSA) is 64.6 Å². The molecule has 1 aliphatic heterocycles. The van der Waals surface area contributed by atoms with E-state index in [1.165, 1.54) is 0 Å². The van der Waals surface area contributed by atoms with Crippen molar-refractivity contribution in [2.45, 2.75) is 6.54 Å². The lowest BCUT2D eigenvalue weighted by Crippen LogP contribution is -2.48. The van der Waals surface area contributed by atoms with Gasteiger partial charge in [0, 0.05) is 44.5 Å². The van der Waals surface area contributed by atoms with Crippen LogP contribution in [0, 0.1) is 11.3 Å². The van der Waals surface area contributed by atoms with E-state index in [9.17, 15) is 4.79 Å². The van der Waals surface area contributed by atoms with Crippen molar-refractivity contribution < 1.29 is 4.79 Å². The minimum absolute atomic E-state index is 0.0314. The van der Waals surface area contributed by atoms with Crippen molar-refractivity contribution in [1.82, 2.24) is 19.2 Å². The Balaban J connectivity index is 1.37. The van der Waals surface area contributed by atoms with E-state index in [0.29, 0.717) is 24.2 Å². The molecule has 6 heteroatoms. The molecule has 4 rings (SSSR count). The molecule has 0 radical (unpaired) electrons. The molecule has 0 spiro atoms. The molecule has 0 atom stereocenters. The van der Waals surface area contributed by atoms with E-state index in [1.54, 1.807) is 24.3 Å². The van der Waals surface area contributed by atoms with Gasteiger partial charge in [0.2, 0.25) is 0 Å². The van der Waals surface area contributed by atoms with Crippen LogP contribution in [-0.4, -0.2) is 51.3 Å². The van der Waals surface area contributed by atoms with E-state index in [4.69, 9.17) is 5.26 Å².